The summed E-state index contributed by atoms with van der Waals surface area (Å²) >= 11 is 1.75. The Labute approximate surface area is 106 Å². The molecule has 1 atom stereocenters. The van der Waals surface area contributed by atoms with Crippen molar-refractivity contribution in [2.45, 2.75) is 38.2 Å². The predicted molar refractivity (Wildman–Crippen MR) is 73.4 cm³/mol. The molecular formula is C15H18OS. The number of hydrogen-bond donors (Lipinski definition) is 1. The van der Waals surface area contributed by atoms with Crippen LogP contribution in [0.15, 0.2) is 30.3 Å². The molecule has 0 amide bonds. The average molecular weight is 246 g/mol. The minimum atomic E-state index is -0.243. The maximum atomic E-state index is 10.5. The average Bonchev–Trinajstić information content (AvgIpc) is 2.82. The molecule has 1 saturated carbocycles. The number of rotatable bonds is 2. The maximum absolute atomic E-state index is 10.5. The molecule has 0 unspecified atom stereocenters. The fraction of sp³-hybridized carbons (Fsp3) is 0.467. The van der Waals surface area contributed by atoms with Gasteiger partial charge in [0.2, 0.25) is 0 Å². The quantitative estimate of drug-likeness (QED) is 0.826. The standard InChI is InChI=1S/C15H18OS/c16-15(11-6-2-1-3-7-11)14-10-12-8-4-5-9-13(12)17-14/h4-5,8-11,15-16H,1-3,6-7H2/t15-/m1/s1. The van der Waals surface area contributed by atoms with Gasteiger partial charge in [-0.1, -0.05) is 37.5 Å². The minimum Gasteiger partial charge on any atom is -0.387 e. The van der Waals surface area contributed by atoms with Gasteiger partial charge in [0.15, 0.2) is 0 Å². The van der Waals surface area contributed by atoms with E-state index in [-0.39, 0.29) is 6.10 Å². The second-order valence-corrected chi connectivity index (χ2v) is 6.14. The Hall–Kier alpha value is -0.860. The summed E-state index contributed by atoms with van der Waals surface area (Å²) in [6.07, 6.45) is 6.05. The number of aliphatic hydroxyl groups is 1. The summed E-state index contributed by atoms with van der Waals surface area (Å²) < 4.78 is 1.29. The van der Waals surface area contributed by atoms with Crippen LogP contribution in [0.2, 0.25) is 0 Å². The van der Waals surface area contributed by atoms with Crippen LogP contribution in [0.5, 0.6) is 0 Å². The minimum absolute atomic E-state index is 0.243. The van der Waals surface area contributed by atoms with Crippen molar-refractivity contribution >= 4 is 21.4 Å². The van der Waals surface area contributed by atoms with Crippen molar-refractivity contribution in [1.82, 2.24) is 0 Å². The van der Waals surface area contributed by atoms with Gasteiger partial charge in [0.1, 0.15) is 0 Å². The Morgan fingerprint density at radius 1 is 1.12 bits per heavy atom. The third-order valence-corrected chi connectivity index (χ3v) is 5.02. The van der Waals surface area contributed by atoms with Gasteiger partial charge in [0.05, 0.1) is 6.10 Å². The molecule has 1 aromatic heterocycles. The molecule has 1 heterocycles. The monoisotopic (exact) mass is 246 g/mol. The maximum Gasteiger partial charge on any atom is 0.0910 e. The van der Waals surface area contributed by atoms with Crippen LogP contribution in [-0.4, -0.2) is 5.11 Å². The van der Waals surface area contributed by atoms with Crippen LogP contribution < -0.4 is 0 Å². The van der Waals surface area contributed by atoms with Gasteiger partial charge in [-0.15, -0.1) is 11.3 Å². The third-order valence-electron chi connectivity index (χ3n) is 3.83. The van der Waals surface area contributed by atoms with E-state index in [1.165, 1.54) is 42.2 Å². The van der Waals surface area contributed by atoms with E-state index in [0.717, 1.165) is 4.88 Å². The highest BCUT2D eigenvalue weighted by atomic mass is 32.1. The first-order chi connectivity index (χ1) is 8.34. The van der Waals surface area contributed by atoms with E-state index < -0.39 is 0 Å². The van der Waals surface area contributed by atoms with Crippen LogP contribution in [0.25, 0.3) is 10.1 Å². The lowest BCUT2D eigenvalue weighted by atomic mass is 9.85. The van der Waals surface area contributed by atoms with Crippen molar-refractivity contribution in [2.24, 2.45) is 5.92 Å². The largest absolute Gasteiger partial charge is 0.387 e. The molecule has 1 aliphatic rings. The van der Waals surface area contributed by atoms with Gasteiger partial charge in [-0.2, -0.15) is 0 Å². The lowest BCUT2D eigenvalue weighted by Crippen LogP contribution is -2.14. The number of hydrogen-bond acceptors (Lipinski definition) is 2. The van der Waals surface area contributed by atoms with Crippen LogP contribution in [0, 0.1) is 5.92 Å². The van der Waals surface area contributed by atoms with E-state index in [9.17, 15) is 5.11 Å². The molecule has 1 fully saturated rings. The third kappa shape index (κ3) is 2.24. The van der Waals surface area contributed by atoms with E-state index >= 15 is 0 Å². The molecule has 0 radical (unpaired) electrons. The molecule has 1 aromatic carbocycles. The zero-order valence-electron chi connectivity index (χ0n) is 9.93. The molecule has 2 heteroatoms. The normalized spacial score (nSPS) is 19.6. The van der Waals surface area contributed by atoms with Crippen LogP contribution in [-0.2, 0) is 0 Å². The van der Waals surface area contributed by atoms with Crippen LogP contribution in [0.4, 0.5) is 0 Å². The van der Waals surface area contributed by atoms with E-state index in [1.807, 2.05) is 0 Å². The summed E-state index contributed by atoms with van der Waals surface area (Å²) in [4.78, 5) is 1.15. The molecule has 1 nitrogen and oxygen atoms in total. The molecule has 90 valence electrons. The first-order valence-corrected chi connectivity index (χ1v) is 7.33. The van der Waals surface area contributed by atoms with Gasteiger partial charge in [-0.3, -0.25) is 0 Å². The zero-order chi connectivity index (χ0) is 11.7. The molecule has 2 aromatic rings. The van der Waals surface area contributed by atoms with Gasteiger partial charge in [-0.05, 0) is 36.3 Å². The van der Waals surface area contributed by atoms with Crippen LogP contribution in [0.3, 0.4) is 0 Å². The second kappa shape index (κ2) is 4.79. The Kier molecular flexibility index (Phi) is 3.17. The zero-order valence-corrected chi connectivity index (χ0v) is 10.7. The Balaban J connectivity index is 1.86. The first kappa shape index (κ1) is 11.2. The van der Waals surface area contributed by atoms with Crippen molar-refractivity contribution in [3.05, 3.63) is 35.2 Å². The number of thiophene rings is 1. The van der Waals surface area contributed by atoms with Crippen LogP contribution in [0.1, 0.15) is 43.1 Å². The number of fused-ring (bicyclic) bond motifs is 1. The fourth-order valence-corrected chi connectivity index (χ4v) is 3.97. The van der Waals surface area contributed by atoms with E-state index in [2.05, 4.69) is 30.3 Å². The lowest BCUT2D eigenvalue weighted by Gasteiger charge is -2.25. The van der Waals surface area contributed by atoms with Gasteiger partial charge < -0.3 is 5.11 Å². The predicted octanol–water partition coefficient (Wildman–Crippen LogP) is 4.52. The van der Waals surface area contributed by atoms with E-state index in [1.54, 1.807) is 11.3 Å². The Bertz CT molecular complexity index is 463. The highest BCUT2D eigenvalue weighted by Gasteiger charge is 2.24. The highest BCUT2D eigenvalue weighted by molar-refractivity contribution is 7.19. The van der Waals surface area contributed by atoms with Crippen molar-refractivity contribution in [3.8, 4) is 0 Å². The summed E-state index contributed by atoms with van der Waals surface area (Å²) in [5, 5.41) is 11.7. The van der Waals surface area contributed by atoms with Gasteiger partial charge in [0.25, 0.3) is 0 Å². The molecule has 1 N–H and O–H groups in total. The van der Waals surface area contributed by atoms with Crippen molar-refractivity contribution in [3.63, 3.8) is 0 Å². The smallest absolute Gasteiger partial charge is 0.0910 e. The van der Waals surface area contributed by atoms with Gasteiger partial charge in [0, 0.05) is 9.58 Å². The van der Waals surface area contributed by atoms with Crippen molar-refractivity contribution in [1.29, 1.82) is 0 Å². The summed E-state index contributed by atoms with van der Waals surface area (Å²) in [7, 11) is 0. The van der Waals surface area contributed by atoms with Gasteiger partial charge >= 0.3 is 0 Å². The summed E-state index contributed by atoms with van der Waals surface area (Å²) in [6.45, 7) is 0. The second-order valence-electron chi connectivity index (χ2n) is 5.03. The molecule has 0 spiro atoms. The van der Waals surface area contributed by atoms with Crippen molar-refractivity contribution in [2.75, 3.05) is 0 Å². The van der Waals surface area contributed by atoms with Crippen molar-refractivity contribution < 1.29 is 5.11 Å². The Morgan fingerprint density at radius 2 is 1.88 bits per heavy atom. The molecule has 1 aliphatic carbocycles. The lowest BCUT2D eigenvalue weighted by molar-refractivity contribution is 0.0880. The van der Waals surface area contributed by atoms with E-state index in [4.69, 9.17) is 0 Å². The highest BCUT2D eigenvalue weighted by Crippen LogP contribution is 2.38. The molecule has 0 aliphatic heterocycles. The molecule has 3 rings (SSSR count). The summed E-state index contributed by atoms with van der Waals surface area (Å²) in [5.74, 6) is 0.483. The summed E-state index contributed by atoms with van der Waals surface area (Å²) in [5.41, 5.74) is 0. The Morgan fingerprint density at radius 3 is 2.65 bits per heavy atom. The number of benzene rings is 1. The molecular weight excluding hydrogens is 228 g/mol. The SMILES string of the molecule is O[C@@H](c1cc2ccccc2s1)C1CCCCC1. The first-order valence-electron chi connectivity index (χ1n) is 6.51. The fourth-order valence-electron chi connectivity index (χ4n) is 2.83. The summed E-state index contributed by atoms with van der Waals surface area (Å²) in [6, 6.07) is 10.6. The molecule has 17 heavy (non-hydrogen) atoms. The topological polar surface area (TPSA) is 20.2 Å². The molecule has 0 bridgehead atoms. The van der Waals surface area contributed by atoms with E-state index in [0.29, 0.717) is 5.92 Å². The molecule has 0 saturated heterocycles. The van der Waals surface area contributed by atoms with Crippen LogP contribution >= 0.6 is 11.3 Å². The van der Waals surface area contributed by atoms with Gasteiger partial charge in [-0.25, -0.2) is 0 Å². The number of aliphatic hydroxyl groups excluding tert-OH is 1.